The molecule has 0 radical (unpaired) electrons. The zero-order valence-corrected chi connectivity index (χ0v) is 16.9. The molecule has 0 aromatic heterocycles. The van der Waals surface area contributed by atoms with E-state index < -0.39 is 27.9 Å². The number of carbonyl (C=O) groups excluding carboxylic acids is 1. The van der Waals surface area contributed by atoms with Crippen molar-refractivity contribution in [1.82, 2.24) is 4.90 Å². The van der Waals surface area contributed by atoms with E-state index >= 15 is 0 Å². The highest BCUT2D eigenvalue weighted by Crippen LogP contribution is 2.14. The lowest BCUT2D eigenvalue weighted by Crippen LogP contribution is -2.35. The zero-order chi connectivity index (χ0) is 20.0. The number of hydrogen-bond donors (Lipinski definition) is 1. The van der Waals surface area contributed by atoms with Crippen LogP contribution in [0.4, 0.5) is 4.79 Å². The Morgan fingerprint density at radius 2 is 1.81 bits per heavy atom. The van der Waals surface area contributed by atoms with Gasteiger partial charge in [0.25, 0.3) is 10.1 Å². The summed E-state index contributed by atoms with van der Waals surface area (Å²) >= 11 is 0. The molecule has 8 heteroatoms. The van der Waals surface area contributed by atoms with Gasteiger partial charge in [0.15, 0.2) is 0 Å². The van der Waals surface area contributed by atoms with E-state index in [9.17, 15) is 18.3 Å². The maximum Gasteiger partial charge on any atom is 0.410 e. The van der Waals surface area contributed by atoms with Gasteiger partial charge in [-0.25, -0.2) is 4.79 Å². The largest absolute Gasteiger partial charge is 0.444 e. The summed E-state index contributed by atoms with van der Waals surface area (Å²) in [5.74, 6) is 0. The Balaban J connectivity index is 2.37. The highest BCUT2D eigenvalue weighted by Gasteiger charge is 2.20. The molecule has 0 aliphatic rings. The molecule has 1 amide bonds. The average molecular weight is 387 g/mol. The van der Waals surface area contributed by atoms with Gasteiger partial charge in [0.1, 0.15) is 5.60 Å². The monoisotopic (exact) mass is 387 g/mol. The lowest BCUT2D eigenvalue weighted by atomic mass is 10.2. The molecule has 1 aromatic carbocycles. The van der Waals surface area contributed by atoms with E-state index in [1.54, 1.807) is 40.0 Å². The van der Waals surface area contributed by atoms with Crippen molar-refractivity contribution in [3.63, 3.8) is 0 Å². The Kier molecular flexibility index (Phi) is 8.05. The van der Waals surface area contributed by atoms with E-state index in [1.165, 1.54) is 17.0 Å². The zero-order valence-electron chi connectivity index (χ0n) is 16.1. The number of rotatable bonds is 8. The molecular formula is C18H29NO6S. The van der Waals surface area contributed by atoms with Gasteiger partial charge in [0.2, 0.25) is 0 Å². The average Bonchev–Trinajstić information content (AvgIpc) is 2.51. The van der Waals surface area contributed by atoms with Crippen molar-refractivity contribution in [3.8, 4) is 0 Å². The van der Waals surface area contributed by atoms with Crippen molar-refractivity contribution in [2.45, 2.75) is 57.1 Å². The van der Waals surface area contributed by atoms with Crippen LogP contribution in [0.15, 0.2) is 29.2 Å². The number of hydrogen-bond acceptors (Lipinski definition) is 6. The lowest BCUT2D eigenvalue weighted by Gasteiger charge is -2.24. The first-order valence-corrected chi connectivity index (χ1v) is 9.90. The fourth-order valence-electron chi connectivity index (χ4n) is 2.02. The minimum absolute atomic E-state index is 0.0555. The third-order valence-electron chi connectivity index (χ3n) is 3.46. The second-order valence-electron chi connectivity index (χ2n) is 7.25. The molecule has 0 saturated heterocycles. The van der Waals surface area contributed by atoms with E-state index in [0.29, 0.717) is 19.4 Å². The summed E-state index contributed by atoms with van der Waals surface area (Å²) in [4.78, 5) is 13.3. The Morgan fingerprint density at radius 1 is 1.23 bits per heavy atom. The first-order chi connectivity index (χ1) is 11.9. The molecule has 1 atom stereocenters. The summed E-state index contributed by atoms with van der Waals surface area (Å²) in [6, 6.07) is 6.29. The van der Waals surface area contributed by atoms with Gasteiger partial charge in [0.05, 0.1) is 17.6 Å². The van der Waals surface area contributed by atoms with E-state index in [2.05, 4.69) is 0 Å². The molecule has 148 valence electrons. The van der Waals surface area contributed by atoms with Crippen LogP contribution < -0.4 is 0 Å². The summed E-state index contributed by atoms with van der Waals surface area (Å²) < 4.78 is 34.2. The third kappa shape index (κ3) is 8.16. The molecule has 0 saturated carbocycles. The Labute approximate surface area is 156 Å². The molecule has 0 heterocycles. The van der Waals surface area contributed by atoms with Gasteiger partial charge in [-0.05, 0) is 52.7 Å². The second kappa shape index (κ2) is 9.34. The van der Waals surface area contributed by atoms with Crippen LogP contribution >= 0.6 is 0 Å². The highest BCUT2D eigenvalue weighted by molar-refractivity contribution is 7.86. The van der Waals surface area contributed by atoms with Gasteiger partial charge in [0, 0.05) is 13.6 Å². The van der Waals surface area contributed by atoms with Crippen molar-refractivity contribution in [3.05, 3.63) is 29.8 Å². The van der Waals surface area contributed by atoms with Crippen LogP contribution in [0.5, 0.6) is 0 Å². The highest BCUT2D eigenvalue weighted by atomic mass is 32.2. The maximum absolute atomic E-state index is 12.0. The first-order valence-electron chi connectivity index (χ1n) is 8.49. The third-order valence-corrected chi connectivity index (χ3v) is 4.76. The molecule has 1 aromatic rings. The Morgan fingerprint density at radius 3 is 2.35 bits per heavy atom. The summed E-state index contributed by atoms with van der Waals surface area (Å²) in [6.07, 6.45) is -0.589. The lowest BCUT2D eigenvalue weighted by molar-refractivity contribution is 0.0284. The molecule has 0 unspecified atom stereocenters. The number of ether oxygens (including phenoxy) is 1. The van der Waals surface area contributed by atoms with Gasteiger partial charge in [-0.3, -0.25) is 4.18 Å². The summed E-state index contributed by atoms with van der Waals surface area (Å²) in [6.45, 7) is 7.27. The van der Waals surface area contributed by atoms with Crippen LogP contribution in [0.25, 0.3) is 0 Å². The second-order valence-corrected chi connectivity index (χ2v) is 8.86. The SMILES string of the molecule is Cc1ccc(S(=O)(=O)OC[C@H](O)CCCN(C)C(=O)OC(C)(C)C)cc1. The van der Waals surface area contributed by atoms with Crippen LogP contribution in [0, 0.1) is 6.92 Å². The predicted octanol–water partition coefficient (Wildman–Crippen LogP) is 2.71. The molecule has 1 rings (SSSR count). The molecule has 0 aliphatic carbocycles. The van der Waals surface area contributed by atoms with Crippen molar-refractivity contribution in [2.24, 2.45) is 0 Å². The molecule has 0 bridgehead atoms. The number of aryl methyl sites for hydroxylation is 1. The van der Waals surface area contributed by atoms with Gasteiger partial charge in [-0.15, -0.1) is 0 Å². The van der Waals surface area contributed by atoms with E-state index in [0.717, 1.165) is 5.56 Å². The molecule has 0 fully saturated rings. The van der Waals surface area contributed by atoms with Gasteiger partial charge in [-0.2, -0.15) is 8.42 Å². The van der Waals surface area contributed by atoms with E-state index in [-0.39, 0.29) is 11.5 Å². The van der Waals surface area contributed by atoms with Crippen molar-refractivity contribution >= 4 is 16.2 Å². The fraction of sp³-hybridized carbons (Fsp3) is 0.611. The minimum atomic E-state index is -3.89. The maximum atomic E-state index is 12.0. The fourth-order valence-corrected chi connectivity index (χ4v) is 2.96. The number of benzene rings is 1. The molecular weight excluding hydrogens is 358 g/mol. The van der Waals surface area contributed by atoms with Crippen molar-refractivity contribution in [2.75, 3.05) is 20.2 Å². The topological polar surface area (TPSA) is 93.1 Å². The normalized spacial score (nSPS) is 13.3. The van der Waals surface area contributed by atoms with Gasteiger partial charge >= 0.3 is 6.09 Å². The van der Waals surface area contributed by atoms with Crippen LogP contribution in [-0.4, -0.2) is 56.4 Å². The number of aliphatic hydroxyl groups excluding tert-OH is 1. The predicted molar refractivity (Wildman–Crippen MR) is 98.4 cm³/mol. The first kappa shape index (κ1) is 22.4. The standard InChI is InChI=1S/C18H29NO6S/c1-14-8-10-16(11-9-14)26(22,23)24-13-15(20)7-6-12-19(5)17(21)25-18(2,3)4/h8-11,15,20H,6-7,12-13H2,1-5H3/t15-/m1/s1. The molecule has 1 N–H and O–H groups in total. The smallest absolute Gasteiger partial charge is 0.410 e. The summed E-state index contributed by atoms with van der Waals surface area (Å²) in [5.41, 5.74) is 0.376. The molecule has 0 spiro atoms. The quantitative estimate of drug-likeness (QED) is 0.690. The summed E-state index contributed by atoms with van der Waals surface area (Å²) in [7, 11) is -2.28. The van der Waals surface area contributed by atoms with Crippen molar-refractivity contribution < 1.29 is 27.2 Å². The number of carbonyl (C=O) groups is 1. The number of amides is 1. The Hall–Kier alpha value is -1.64. The van der Waals surface area contributed by atoms with E-state index in [4.69, 9.17) is 8.92 Å². The van der Waals surface area contributed by atoms with Crippen LogP contribution in [-0.2, 0) is 19.0 Å². The van der Waals surface area contributed by atoms with Crippen LogP contribution in [0.1, 0.15) is 39.2 Å². The van der Waals surface area contributed by atoms with Crippen LogP contribution in [0.2, 0.25) is 0 Å². The molecule has 0 aliphatic heterocycles. The van der Waals surface area contributed by atoms with E-state index in [1.807, 2.05) is 6.92 Å². The Bertz CT molecular complexity index is 679. The summed E-state index contributed by atoms with van der Waals surface area (Å²) in [5, 5.41) is 9.92. The van der Waals surface area contributed by atoms with Crippen LogP contribution in [0.3, 0.4) is 0 Å². The van der Waals surface area contributed by atoms with Gasteiger partial charge < -0.3 is 14.7 Å². The minimum Gasteiger partial charge on any atom is -0.444 e. The molecule has 26 heavy (non-hydrogen) atoms. The molecule has 7 nitrogen and oxygen atoms in total. The number of nitrogens with zero attached hydrogens (tertiary/aromatic N) is 1. The van der Waals surface area contributed by atoms with Gasteiger partial charge in [-0.1, -0.05) is 17.7 Å². The number of aliphatic hydroxyl groups is 1. The van der Waals surface area contributed by atoms with Crippen molar-refractivity contribution in [1.29, 1.82) is 0 Å².